The molecular weight excluding hydrogens is 312 g/mol. The molecule has 0 radical (unpaired) electrons. The molecule has 0 aliphatic carbocycles. The summed E-state index contributed by atoms with van der Waals surface area (Å²) in [6, 6.07) is 3.50. The van der Waals surface area contributed by atoms with E-state index in [1.54, 1.807) is 19.1 Å². The Labute approximate surface area is 132 Å². The molecule has 0 saturated heterocycles. The maximum Gasteiger partial charge on any atom is 0.236 e. The molecule has 120 valence electrons. The summed E-state index contributed by atoms with van der Waals surface area (Å²) in [5.74, 6) is 0.401. The number of methoxy groups -OCH3 is 1. The minimum absolute atomic E-state index is 0.231. The normalized spacial score (nSPS) is 13.3. The molecule has 1 aromatic rings. The van der Waals surface area contributed by atoms with Gasteiger partial charge in [-0.15, -0.1) is 0 Å². The van der Waals surface area contributed by atoms with Gasteiger partial charge in [-0.05, 0) is 25.5 Å². The number of hydrogen-bond donors (Lipinski definition) is 2. The number of ether oxygens (including phenoxy) is 1. The third-order valence-corrected chi connectivity index (χ3v) is 5.21. The van der Waals surface area contributed by atoms with Gasteiger partial charge in [0.05, 0.1) is 18.0 Å². The van der Waals surface area contributed by atoms with Gasteiger partial charge in [0.2, 0.25) is 10.0 Å². The summed E-state index contributed by atoms with van der Waals surface area (Å²) < 4.78 is 32.4. The van der Waals surface area contributed by atoms with E-state index in [1.807, 2.05) is 20.8 Å². The first kappa shape index (κ1) is 18.1. The van der Waals surface area contributed by atoms with E-state index >= 15 is 0 Å². The van der Waals surface area contributed by atoms with Gasteiger partial charge in [-0.1, -0.05) is 25.4 Å². The predicted octanol–water partition coefficient (Wildman–Crippen LogP) is 2.79. The van der Waals surface area contributed by atoms with Crippen molar-refractivity contribution in [3.05, 3.63) is 22.7 Å². The highest BCUT2D eigenvalue weighted by molar-refractivity contribution is 7.93. The number of benzene rings is 1. The molecule has 0 fully saturated rings. The molecule has 0 aliphatic rings. The molecule has 0 aliphatic heterocycles. The van der Waals surface area contributed by atoms with Crippen LogP contribution in [0.4, 0.5) is 5.69 Å². The van der Waals surface area contributed by atoms with Gasteiger partial charge in [0.15, 0.2) is 0 Å². The van der Waals surface area contributed by atoms with Gasteiger partial charge in [-0.3, -0.25) is 4.72 Å². The summed E-state index contributed by atoms with van der Waals surface area (Å²) in [6.07, 6.45) is 0. The summed E-state index contributed by atoms with van der Waals surface area (Å²) in [5, 5.41) is 3.08. The second-order valence-electron chi connectivity index (χ2n) is 5.32. The van der Waals surface area contributed by atoms with E-state index in [2.05, 4.69) is 10.0 Å². The maximum absolute atomic E-state index is 12.3. The zero-order valence-corrected chi connectivity index (χ0v) is 14.6. The summed E-state index contributed by atoms with van der Waals surface area (Å²) in [4.78, 5) is 0. The first-order valence-electron chi connectivity index (χ1n) is 6.76. The summed E-state index contributed by atoms with van der Waals surface area (Å²) in [5.41, 5.74) is 1.18. The summed E-state index contributed by atoms with van der Waals surface area (Å²) in [7, 11) is -2.03. The Kier molecular flexibility index (Phi) is 6.31. The van der Waals surface area contributed by atoms with E-state index in [9.17, 15) is 8.42 Å². The summed E-state index contributed by atoms with van der Waals surface area (Å²) in [6.45, 7) is 7.79. The van der Waals surface area contributed by atoms with Crippen molar-refractivity contribution in [3.8, 4) is 5.75 Å². The smallest absolute Gasteiger partial charge is 0.236 e. The predicted molar refractivity (Wildman–Crippen MR) is 87.9 cm³/mol. The van der Waals surface area contributed by atoms with Gasteiger partial charge in [-0.2, -0.15) is 0 Å². The monoisotopic (exact) mass is 334 g/mol. The van der Waals surface area contributed by atoms with Gasteiger partial charge < -0.3 is 10.1 Å². The number of sulfonamides is 1. The Hall–Kier alpha value is -0.980. The lowest BCUT2D eigenvalue weighted by Gasteiger charge is -2.18. The molecular formula is C14H23ClN2O3S. The molecule has 7 heteroatoms. The molecule has 1 aromatic carbocycles. The van der Waals surface area contributed by atoms with Crippen LogP contribution in [-0.2, 0) is 10.0 Å². The fourth-order valence-corrected chi connectivity index (χ4v) is 2.81. The first-order valence-corrected chi connectivity index (χ1v) is 8.69. The number of hydrogen-bond acceptors (Lipinski definition) is 4. The fourth-order valence-electron chi connectivity index (χ4n) is 1.68. The summed E-state index contributed by atoms with van der Waals surface area (Å²) >= 11 is 6.02. The molecule has 2 N–H and O–H groups in total. The molecule has 0 amide bonds. The average Bonchev–Trinajstić information content (AvgIpc) is 2.39. The van der Waals surface area contributed by atoms with Crippen LogP contribution in [0.25, 0.3) is 0 Å². The van der Waals surface area contributed by atoms with Crippen LogP contribution in [0.5, 0.6) is 5.75 Å². The van der Waals surface area contributed by atoms with Crippen LogP contribution in [0, 0.1) is 6.92 Å². The van der Waals surface area contributed by atoms with Crippen molar-refractivity contribution in [3.63, 3.8) is 0 Å². The van der Waals surface area contributed by atoms with E-state index in [1.165, 1.54) is 7.11 Å². The average molecular weight is 335 g/mol. The van der Waals surface area contributed by atoms with Crippen molar-refractivity contribution in [1.29, 1.82) is 0 Å². The zero-order valence-electron chi connectivity index (χ0n) is 13.0. The lowest BCUT2D eigenvalue weighted by atomic mass is 10.2. The van der Waals surface area contributed by atoms with Crippen LogP contribution in [0.3, 0.4) is 0 Å². The third kappa shape index (κ3) is 5.05. The standard InChI is InChI=1S/C14H23ClN2O3S/c1-9(2)16-8-11(4)21(18,19)17-13-6-10(3)12(15)7-14(13)20-5/h6-7,9,11,16-17H,8H2,1-5H3. The van der Waals surface area contributed by atoms with E-state index in [0.717, 1.165) is 5.56 Å². The number of anilines is 1. The quantitative estimate of drug-likeness (QED) is 0.804. The van der Waals surface area contributed by atoms with E-state index in [0.29, 0.717) is 23.0 Å². The SMILES string of the molecule is COc1cc(Cl)c(C)cc1NS(=O)(=O)C(C)CNC(C)C. The number of halogens is 1. The molecule has 21 heavy (non-hydrogen) atoms. The Morgan fingerprint density at radius 3 is 2.43 bits per heavy atom. The Morgan fingerprint density at radius 2 is 1.90 bits per heavy atom. The largest absolute Gasteiger partial charge is 0.495 e. The van der Waals surface area contributed by atoms with E-state index in [4.69, 9.17) is 16.3 Å². The molecule has 0 bridgehead atoms. The van der Waals surface area contributed by atoms with Crippen molar-refractivity contribution in [2.24, 2.45) is 0 Å². The molecule has 0 aromatic heterocycles. The highest BCUT2D eigenvalue weighted by Crippen LogP contribution is 2.31. The molecule has 1 atom stereocenters. The fraction of sp³-hybridized carbons (Fsp3) is 0.571. The molecule has 1 rings (SSSR count). The molecule has 0 saturated carbocycles. The second kappa shape index (κ2) is 7.33. The van der Waals surface area contributed by atoms with Gasteiger partial charge in [-0.25, -0.2) is 8.42 Å². The highest BCUT2D eigenvalue weighted by atomic mass is 35.5. The lowest BCUT2D eigenvalue weighted by Crippen LogP contribution is -2.37. The van der Waals surface area contributed by atoms with Crippen molar-refractivity contribution < 1.29 is 13.2 Å². The Morgan fingerprint density at radius 1 is 1.29 bits per heavy atom. The molecule has 5 nitrogen and oxygen atoms in total. The van der Waals surface area contributed by atoms with Crippen LogP contribution in [0.2, 0.25) is 5.02 Å². The van der Waals surface area contributed by atoms with Crippen molar-refractivity contribution >= 4 is 27.3 Å². The highest BCUT2D eigenvalue weighted by Gasteiger charge is 2.22. The van der Waals surface area contributed by atoms with Crippen LogP contribution in [0.1, 0.15) is 26.3 Å². The molecule has 0 heterocycles. The Balaban J connectivity index is 2.96. The van der Waals surface area contributed by atoms with Gasteiger partial charge in [0.1, 0.15) is 5.75 Å². The van der Waals surface area contributed by atoms with Gasteiger partial charge >= 0.3 is 0 Å². The zero-order chi connectivity index (χ0) is 16.2. The van der Waals surface area contributed by atoms with Crippen molar-refractivity contribution in [2.45, 2.75) is 39.0 Å². The number of rotatable bonds is 7. The third-order valence-electron chi connectivity index (χ3n) is 3.08. The van der Waals surface area contributed by atoms with Crippen LogP contribution in [-0.4, -0.2) is 33.4 Å². The first-order chi connectivity index (χ1) is 9.67. The maximum atomic E-state index is 12.3. The van der Waals surface area contributed by atoms with Crippen molar-refractivity contribution in [2.75, 3.05) is 18.4 Å². The topological polar surface area (TPSA) is 67.4 Å². The molecule has 1 unspecified atom stereocenters. The minimum atomic E-state index is -3.51. The minimum Gasteiger partial charge on any atom is -0.495 e. The van der Waals surface area contributed by atoms with Crippen LogP contribution in [0.15, 0.2) is 12.1 Å². The van der Waals surface area contributed by atoms with E-state index in [-0.39, 0.29) is 6.04 Å². The van der Waals surface area contributed by atoms with Crippen LogP contribution >= 0.6 is 11.6 Å². The lowest BCUT2D eigenvalue weighted by molar-refractivity contribution is 0.417. The second-order valence-corrected chi connectivity index (χ2v) is 7.83. The molecule has 0 spiro atoms. The van der Waals surface area contributed by atoms with Gasteiger partial charge in [0, 0.05) is 23.7 Å². The number of aryl methyl sites for hydroxylation is 1. The Bertz CT molecular complexity index is 588. The van der Waals surface area contributed by atoms with Crippen molar-refractivity contribution in [1.82, 2.24) is 5.32 Å². The number of nitrogens with one attached hydrogen (secondary N) is 2. The van der Waals surface area contributed by atoms with Crippen LogP contribution < -0.4 is 14.8 Å². The van der Waals surface area contributed by atoms with Gasteiger partial charge in [0.25, 0.3) is 0 Å². The van der Waals surface area contributed by atoms with E-state index < -0.39 is 15.3 Å².